The highest BCUT2D eigenvalue weighted by atomic mass is 16.5. The van der Waals surface area contributed by atoms with Crippen molar-refractivity contribution in [3.8, 4) is 11.5 Å². The van der Waals surface area contributed by atoms with Gasteiger partial charge in [0.25, 0.3) is 11.7 Å². The molecule has 0 bridgehead atoms. The molecule has 6 heteroatoms. The summed E-state index contributed by atoms with van der Waals surface area (Å²) in [6.07, 6.45) is 0.911. The van der Waals surface area contributed by atoms with E-state index in [1.807, 2.05) is 61.5 Å². The number of hydrogen-bond donors (Lipinski definition) is 1. The SMILES string of the molecule is CCOc1ccc(/C(O)=C2\C(=O)C(=O)N(Cc3ccccc3)C2c2cccc(OCCC(C)C)c2)cc1. The molecule has 3 aromatic rings. The zero-order valence-electron chi connectivity index (χ0n) is 21.5. The van der Waals surface area contributed by atoms with Gasteiger partial charge in [-0.2, -0.15) is 0 Å². The van der Waals surface area contributed by atoms with Crippen molar-refractivity contribution >= 4 is 17.4 Å². The molecular formula is C31H33NO5. The summed E-state index contributed by atoms with van der Waals surface area (Å²) in [5, 5.41) is 11.3. The molecule has 0 aromatic heterocycles. The van der Waals surface area contributed by atoms with Crippen LogP contribution in [0.2, 0.25) is 0 Å². The maximum atomic E-state index is 13.3. The Morgan fingerprint density at radius 3 is 2.32 bits per heavy atom. The topological polar surface area (TPSA) is 76.1 Å². The molecule has 1 fully saturated rings. The molecule has 1 atom stereocenters. The van der Waals surface area contributed by atoms with Crippen LogP contribution in [0.3, 0.4) is 0 Å². The molecule has 3 aromatic carbocycles. The van der Waals surface area contributed by atoms with Crippen LogP contribution in [0, 0.1) is 5.92 Å². The van der Waals surface area contributed by atoms with E-state index < -0.39 is 17.7 Å². The van der Waals surface area contributed by atoms with Gasteiger partial charge in [-0.3, -0.25) is 9.59 Å². The second kappa shape index (κ2) is 11.8. The largest absolute Gasteiger partial charge is 0.507 e. The Morgan fingerprint density at radius 1 is 0.919 bits per heavy atom. The van der Waals surface area contributed by atoms with Gasteiger partial charge in [-0.1, -0.05) is 56.3 Å². The van der Waals surface area contributed by atoms with Crippen molar-refractivity contribution in [2.24, 2.45) is 5.92 Å². The summed E-state index contributed by atoms with van der Waals surface area (Å²) in [5.41, 5.74) is 2.09. The number of nitrogens with zero attached hydrogens (tertiary/aromatic N) is 1. The van der Waals surface area contributed by atoms with Crippen LogP contribution in [0.4, 0.5) is 0 Å². The standard InChI is InChI=1S/C31H33NO5/c1-4-36-25-15-13-23(14-16-25)29(33)27-28(24-11-8-12-26(19-24)37-18-17-21(2)3)32(31(35)30(27)34)20-22-9-6-5-7-10-22/h5-16,19,21,28,33H,4,17-18,20H2,1-3H3/b29-27+. The third kappa shape index (κ3) is 6.02. The fraction of sp³-hybridized carbons (Fsp3) is 0.290. The molecule has 1 heterocycles. The second-order valence-corrected chi connectivity index (χ2v) is 9.47. The summed E-state index contributed by atoms with van der Waals surface area (Å²) in [7, 11) is 0. The van der Waals surface area contributed by atoms with Gasteiger partial charge >= 0.3 is 0 Å². The summed E-state index contributed by atoms with van der Waals surface area (Å²) >= 11 is 0. The van der Waals surface area contributed by atoms with Gasteiger partial charge in [0.1, 0.15) is 17.3 Å². The normalized spacial score (nSPS) is 16.9. The molecular weight excluding hydrogens is 466 g/mol. The van der Waals surface area contributed by atoms with Gasteiger partial charge in [0.15, 0.2) is 0 Å². The number of carbonyl (C=O) groups is 2. The molecule has 1 N–H and O–H groups in total. The average molecular weight is 500 g/mol. The number of aliphatic hydroxyl groups is 1. The fourth-order valence-electron chi connectivity index (χ4n) is 4.39. The minimum atomic E-state index is -0.763. The van der Waals surface area contributed by atoms with Crippen molar-refractivity contribution in [1.82, 2.24) is 4.90 Å². The van der Waals surface area contributed by atoms with Gasteiger partial charge in [-0.05, 0) is 66.8 Å². The lowest BCUT2D eigenvalue weighted by atomic mass is 9.95. The minimum Gasteiger partial charge on any atom is -0.507 e. The monoisotopic (exact) mass is 499 g/mol. The van der Waals surface area contributed by atoms with E-state index in [0.29, 0.717) is 41.8 Å². The van der Waals surface area contributed by atoms with Gasteiger partial charge in [0.2, 0.25) is 0 Å². The molecule has 6 nitrogen and oxygen atoms in total. The molecule has 0 saturated carbocycles. The summed E-state index contributed by atoms with van der Waals surface area (Å²) in [4.78, 5) is 28.2. The van der Waals surface area contributed by atoms with E-state index in [0.717, 1.165) is 12.0 Å². The zero-order valence-corrected chi connectivity index (χ0v) is 21.5. The molecule has 0 spiro atoms. The summed E-state index contributed by atoms with van der Waals surface area (Å²) in [5.74, 6) is 0.255. The van der Waals surface area contributed by atoms with Gasteiger partial charge in [0.05, 0.1) is 24.8 Å². The number of rotatable bonds is 10. The van der Waals surface area contributed by atoms with E-state index in [1.54, 1.807) is 24.3 Å². The van der Waals surface area contributed by atoms with Crippen molar-refractivity contribution in [3.05, 3.63) is 101 Å². The minimum absolute atomic E-state index is 0.0596. The number of likely N-dealkylation sites (tertiary alicyclic amines) is 1. The Hall–Kier alpha value is -4.06. The zero-order chi connectivity index (χ0) is 26.4. The molecule has 1 amide bonds. The molecule has 1 saturated heterocycles. The van der Waals surface area contributed by atoms with Crippen molar-refractivity contribution in [3.63, 3.8) is 0 Å². The first-order valence-electron chi connectivity index (χ1n) is 12.7. The van der Waals surface area contributed by atoms with Crippen LogP contribution in [0.5, 0.6) is 11.5 Å². The quantitative estimate of drug-likeness (QED) is 0.206. The second-order valence-electron chi connectivity index (χ2n) is 9.47. The predicted octanol–water partition coefficient (Wildman–Crippen LogP) is 6.13. The van der Waals surface area contributed by atoms with E-state index in [4.69, 9.17) is 9.47 Å². The van der Waals surface area contributed by atoms with Crippen LogP contribution in [0.15, 0.2) is 84.4 Å². The lowest BCUT2D eigenvalue weighted by molar-refractivity contribution is -0.140. The maximum absolute atomic E-state index is 13.3. The number of ketones is 1. The predicted molar refractivity (Wildman–Crippen MR) is 143 cm³/mol. The van der Waals surface area contributed by atoms with Gasteiger partial charge in [0, 0.05) is 12.1 Å². The third-order valence-corrected chi connectivity index (χ3v) is 6.31. The Balaban J connectivity index is 1.77. The number of hydrogen-bond acceptors (Lipinski definition) is 5. The summed E-state index contributed by atoms with van der Waals surface area (Å²) < 4.78 is 11.5. The molecule has 0 aliphatic carbocycles. The van der Waals surface area contributed by atoms with Crippen LogP contribution < -0.4 is 9.47 Å². The van der Waals surface area contributed by atoms with E-state index in [2.05, 4.69) is 13.8 Å². The fourth-order valence-corrected chi connectivity index (χ4v) is 4.39. The molecule has 192 valence electrons. The van der Waals surface area contributed by atoms with E-state index in [9.17, 15) is 14.7 Å². The molecule has 37 heavy (non-hydrogen) atoms. The Labute approximate surface area is 218 Å². The molecule has 0 radical (unpaired) electrons. The lowest BCUT2D eigenvalue weighted by Gasteiger charge is -2.26. The van der Waals surface area contributed by atoms with Crippen LogP contribution >= 0.6 is 0 Å². The number of carbonyl (C=O) groups excluding carboxylic acids is 2. The van der Waals surface area contributed by atoms with Crippen LogP contribution in [-0.4, -0.2) is 34.9 Å². The third-order valence-electron chi connectivity index (χ3n) is 6.31. The van der Waals surface area contributed by atoms with Crippen molar-refractivity contribution in [1.29, 1.82) is 0 Å². The van der Waals surface area contributed by atoms with Gasteiger partial charge < -0.3 is 19.5 Å². The van der Waals surface area contributed by atoms with Crippen LogP contribution in [0.1, 0.15) is 49.9 Å². The lowest BCUT2D eigenvalue weighted by Crippen LogP contribution is -2.29. The Morgan fingerprint density at radius 2 is 1.65 bits per heavy atom. The highest BCUT2D eigenvalue weighted by Gasteiger charge is 2.46. The van der Waals surface area contributed by atoms with E-state index in [-0.39, 0.29) is 17.9 Å². The average Bonchev–Trinajstić information content (AvgIpc) is 3.14. The van der Waals surface area contributed by atoms with Crippen molar-refractivity contribution in [2.45, 2.75) is 39.8 Å². The first-order valence-corrected chi connectivity index (χ1v) is 12.7. The molecule has 1 unspecified atom stereocenters. The highest BCUT2D eigenvalue weighted by Crippen LogP contribution is 2.41. The molecule has 4 rings (SSSR count). The van der Waals surface area contributed by atoms with Gasteiger partial charge in [-0.15, -0.1) is 0 Å². The Kier molecular flexibility index (Phi) is 8.29. The summed E-state index contributed by atoms with van der Waals surface area (Å²) in [6.45, 7) is 7.48. The van der Waals surface area contributed by atoms with Crippen molar-refractivity contribution in [2.75, 3.05) is 13.2 Å². The van der Waals surface area contributed by atoms with Crippen molar-refractivity contribution < 1.29 is 24.2 Å². The van der Waals surface area contributed by atoms with E-state index in [1.165, 1.54) is 4.90 Å². The van der Waals surface area contributed by atoms with Crippen LogP contribution in [-0.2, 0) is 16.1 Å². The first-order chi connectivity index (χ1) is 17.9. The highest BCUT2D eigenvalue weighted by molar-refractivity contribution is 6.46. The van der Waals surface area contributed by atoms with Gasteiger partial charge in [-0.25, -0.2) is 0 Å². The number of ether oxygens (including phenoxy) is 2. The number of Topliss-reactive ketones (excluding diaryl/α,β-unsaturated/α-hetero) is 1. The smallest absolute Gasteiger partial charge is 0.295 e. The molecule has 1 aliphatic heterocycles. The summed E-state index contributed by atoms with van der Waals surface area (Å²) in [6, 6.07) is 23.0. The number of amides is 1. The number of benzene rings is 3. The number of aliphatic hydroxyl groups excluding tert-OH is 1. The molecule has 1 aliphatic rings. The van der Waals surface area contributed by atoms with E-state index >= 15 is 0 Å². The first kappa shape index (κ1) is 26.0. The maximum Gasteiger partial charge on any atom is 0.295 e. The van der Waals surface area contributed by atoms with Crippen LogP contribution in [0.25, 0.3) is 5.76 Å². The Bertz CT molecular complexity index is 1260.